The highest BCUT2D eigenvalue weighted by Gasteiger charge is 2.30. The number of anilines is 1. The summed E-state index contributed by atoms with van der Waals surface area (Å²) in [6.45, 7) is 6.69. The van der Waals surface area contributed by atoms with Crippen LogP contribution in [0.3, 0.4) is 0 Å². The smallest absolute Gasteiger partial charge is 0.241 e. The van der Waals surface area contributed by atoms with Crippen molar-refractivity contribution < 1.29 is 14.3 Å². The Balaban J connectivity index is 1.33. The van der Waals surface area contributed by atoms with E-state index >= 15 is 0 Å². The number of benzene rings is 1. The number of rotatable bonds is 7. The largest absolute Gasteiger partial charge is 0.486 e. The van der Waals surface area contributed by atoms with Crippen LogP contribution in [0.1, 0.15) is 30.6 Å². The number of carbonyl (C=O) groups excluding carboxylic acids is 1. The second-order valence-corrected chi connectivity index (χ2v) is 9.69. The van der Waals surface area contributed by atoms with Gasteiger partial charge in [-0.15, -0.1) is 11.3 Å². The lowest BCUT2D eigenvalue weighted by Crippen LogP contribution is -2.45. The molecule has 1 aromatic heterocycles. The number of likely N-dealkylation sites (tertiary alicyclic amines) is 2. The maximum Gasteiger partial charge on any atom is 0.241 e. The third kappa shape index (κ3) is 4.89. The molecule has 0 saturated carbocycles. The molecule has 2 fully saturated rings. The highest BCUT2D eigenvalue weighted by Crippen LogP contribution is 2.35. The zero-order chi connectivity index (χ0) is 21.0. The Bertz CT molecular complexity index is 882. The molecule has 0 aliphatic carbocycles. The molecular formula is C24H31N3O3S. The molecule has 0 radical (unpaired) electrons. The van der Waals surface area contributed by atoms with Crippen LogP contribution in [-0.4, -0.2) is 67.7 Å². The predicted octanol–water partition coefficient (Wildman–Crippen LogP) is 3.61. The van der Waals surface area contributed by atoms with Crippen LogP contribution in [0.4, 0.5) is 5.69 Å². The number of carbonyl (C=O) groups is 1. The van der Waals surface area contributed by atoms with Crippen LogP contribution >= 0.6 is 11.3 Å². The Hall–Kier alpha value is -2.09. The highest BCUT2D eigenvalue weighted by molar-refractivity contribution is 7.09. The van der Waals surface area contributed by atoms with Crippen LogP contribution in [0, 0.1) is 0 Å². The highest BCUT2D eigenvalue weighted by atomic mass is 32.1. The molecule has 0 N–H and O–H groups in total. The fourth-order valence-corrected chi connectivity index (χ4v) is 5.61. The van der Waals surface area contributed by atoms with E-state index in [0.29, 0.717) is 32.3 Å². The molecule has 1 unspecified atom stereocenters. The first-order chi connectivity index (χ1) is 15.3. The molecule has 0 bridgehead atoms. The first kappa shape index (κ1) is 20.8. The molecule has 1 amide bonds. The van der Waals surface area contributed by atoms with E-state index in [-0.39, 0.29) is 5.91 Å². The van der Waals surface area contributed by atoms with Crippen molar-refractivity contribution in [2.75, 3.05) is 50.8 Å². The fraction of sp³-hybridized carbons (Fsp3) is 0.542. The van der Waals surface area contributed by atoms with Gasteiger partial charge in [-0.3, -0.25) is 9.69 Å². The summed E-state index contributed by atoms with van der Waals surface area (Å²) in [6, 6.07) is 10.5. The molecule has 1 atom stereocenters. The fourth-order valence-electron chi connectivity index (χ4n) is 4.91. The van der Waals surface area contributed by atoms with Crippen LogP contribution in [0.5, 0.6) is 11.5 Å². The van der Waals surface area contributed by atoms with E-state index in [1.807, 2.05) is 29.2 Å². The lowest BCUT2D eigenvalue weighted by atomic mass is 10.2. The number of amides is 1. The van der Waals surface area contributed by atoms with Gasteiger partial charge in [-0.1, -0.05) is 6.07 Å². The van der Waals surface area contributed by atoms with Crippen LogP contribution in [0.15, 0.2) is 35.7 Å². The standard InChI is InChI=1S/C24H31N3O3S/c28-24(18-26-11-3-5-20(26)16-25-9-1-2-10-25)27(17-21-6-4-14-31-21)19-7-8-22-23(15-19)30-13-12-29-22/h4,6-8,14-15,20H,1-3,5,9-13,16-18H2. The topological polar surface area (TPSA) is 45.3 Å². The first-order valence-electron chi connectivity index (χ1n) is 11.4. The maximum absolute atomic E-state index is 13.6. The molecule has 5 rings (SSSR count). The lowest BCUT2D eigenvalue weighted by Gasteiger charge is -2.31. The maximum atomic E-state index is 13.6. The number of hydrogen-bond acceptors (Lipinski definition) is 6. The van der Waals surface area contributed by atoms with Gasteiger partial charge in [-0.2, -0.15) is 0 Å². The lowest BCUT2D eigenvalue weighted by molar-refractivity contribution is -0.120. The van der Waals surface area contributed by atoms with Gasteiger partial charge in [0.2, 0.25) is 5.91 Å². The minimum absolute atomic E-state index is 0.151. The van der Waals surface area contributed by atoms with Gasteiger partial charge in [0.1, 0.15) is 13.2 Å². The van der Waals surface area contributed by atoms with Crippen molar-refractivity contribution in [1.29, 1.82) is 0 Å². The minimum atomic E-state index is 0.151. The predicted molar refractivity (Wildman–Crippen MR) is 123 cm³/mol. The minimum Gasteiger partial charge on any atom is -0.486 e. The van der Waals surface area contributed by atoms with E-state index in [1.54, 1.807) is 11.3 Å². The molecule has 1 aromatic carbocycles. The van der Waals surface area contributed by atoms with E-state index in [2.05, 4.69) is 21.2 Å². The number of hydrogen-bond donors (Lipinski definition) is 0. The van der Waals surface area contributed by atoms with Gasteiger partial charge in [0.25, 0.3) is 0 Å². The van der Waals surface area contributed by atoms with Gasteiger partial charge in [0, 0.05) is 29.2 Å². The second-order valence-electron chi connectivity index (χ2n) is 8.66. The summed E-state index contributed by atoms with van der Waals surface area (Å²) in [6.07, 6.45) is 4.99. The van der Waals surface area contributed by atoms with Crippen molar-refractivity contribution >= 4 is 22.9 Å². The third-order valence-electron chi connectivity index (χ3n) is 6.54. The summed E-state index contributed by atoms with van der Waals surface area (Å²) in [7, 11) is 0. The van der Waals surface area contributed by atoms with Crippen LogP contribution in [-0.2, 0) is 11.3 Å². The SMILES string of the molecule is O=C(CN1CCCC1CN1CCCC1)N(Cc1cccs1)c1ccc2c(c1)OCCO2. The number of fused-ring (bicyclic) bond motifs is 1. The van der Waals surface area contributed by atoms with E-state index in [9.17, 15) is 4.79 Å². The van der Waals surface area contributed by atoms with E-state index < -0.39 is 0 Å². The Morgan fingerprint density at radius 2 is 1.90 bits per heavy atom. The average molecular weight is 442 g/mol. The number of nitrogens with zero attached hydrogens (tertiary/aromatic N) is 3. The van der Waals surface area contributed by atoms with Crippen molar-refractivity contribution in [1.82, 2.24) is 9.80 Å². The Morgan fingerprint density at radius 3 is 2.71 bits per heavy atom. The molecular weight excluding hydrogens is 410 g/mol. The van der Waals surface area contributed by atoms with Gasteiger partial charge in [0.05, 0.1) is 13.1 Å². The summed E-state index contributed by atoms with van der Waals surface area (Å²) in [4.78, 5) is 21.6. The summed E-state index contributed by atoms with van der Waals surface area (Å²) in [5, 5.41) is 2.06. The first-order valence-corrected chi connectivity index (χ1v) is 12.3. The van der Waals surface area contributed by atoms with E-state index in [0.717, 1.165) is 30.3 Å². The molecule has 6 nitrogen and oxygen atoms in total. The second kappa shape index (κ2) is 9.59. The number of ether oxygens (including phenoxy) is 2. The molecule has 0 spiro atoms. The zero-order valence-corrected chi connectivity index (χ0v) is 18.8. The Kier molecular flexibility index (Phi) is 6.43. The normalized spacial score (nSPS) is 21.5. The van der Waals surface area contributed by atoms with Crippen molar-refractivity contribution in [3.8, 4) is 11.5 Å². The molecule has 3 aliphatic heterocycles. The third-order valence-corrected chi connectivity index (χ3v) is 7.40. The molecule has 2 aromatic rings. The Morgan fingerprint density at radius 1 is 1.06 bits per heavy atom. The van der Waals surface area contributed by atoms with E-state index in [4.69, 9.17) is 9.47 Å². The summed E-state index contributed by atoms with van der Waals surface area (Å²) in [5.41, 5.74) is 0.873. The number of thiophene rings is 1. The summed E-state index contributed by atoms with van der Waals surface area (Å²) in [5.74, 6) is 1.63. The van der Waals surface area contributed by atoms with Crippen molar-refractivity contribution in [2.45, 2.75) is 38.3 Å². The van der Waals surface area contributed by atoms with Gasteiger partial charge >= 0.3 is 0 Å². The zero-order valence-electron chi connectivity index (χ0n) is 18.0. The quantitative estimate of drug-likeness (QED) is 0.657. The van der Waals surface area contributed by atoms with Crippen molar-refractivity contribution in [3.05, 3.63) is 40.6 Å². The molecule has 166 valence electrons. The molecule has 31 heavy (non-hydrogen) atoms. The van der Waals surface area contributed by atoms with Gasteiger partial charge in [-0.05, 0) is 68.9 Å². The molecule has 7 heteroatoms. The van der Waals surface area contributed by atoms with Crippen LogP contribution < -0.4 is 14.4 Å². The Labute approximate surface area is 188 Å². The van der Waals surface area contributed by atoms with Crippen molar-refractivity contribution in [2.24, 2.45) is 0 Å². The molecule has 3 aliphatic rings. The van der Waals surface area contributed by atoms with Crippen molar-refractivity contribution in [3.63, 3.8) is 0 Å². The average Bonchev–Trinajstić information content (AvgIpc) is 3.56. The molecule has 2 saturated heterocycles. The van der Waals surface area contributed by atoms with Gasteiger partial charge in [-0.25, -0.2) is 0 Å². The summed E-state index contributed by atoms with van der Waals surface area (Å²) >= 11 is 1.69. The monoisotopic (exact) mass is 441 g/mol. The van der Waals surface area contributed by atoms with E-state index in [1.165, 1.54) is 43.6 Å². The van der Waals surface area contributed by atoms with Crippen LogP contribution in [0.25, 0.3) is 0 Å². The molecule has 4 heterocycles. The van der Waals surface area contributed by atoms with Gasteiger partial charge in [0.15, 0.2) is 11.5 Å². The van der Waals surface area contributed by atoms with Gasteiger partial charge < -0.3 is 19.3 Å². The van der Waals surface area contributed by atoms with Crippen LogP contribution in [0.2, 0.25) is 0 Å². The summed E-state index contributed by atoms with van der Waals surface area (Å²) < 4.78 is 11.4.